The van der Waals surface area contributed by atoms with Gasteiger partial charge in [-0.1, -0.05) is 19.9 Å². The Kier molecular flexibility index (Phi) is 3.60. The van der Waals surface area contributed by atoms with E-state index in [4.69, 9.17) is 0 Å². The molecule has 0 radical (unpaired) electrons. The first-order valence-corrected chi connectivity index (χ1v) is 6.74. The molecular weight excluding hydrogens is 226 g/mol. The van der Waals surface area contributed by atoms with Gasteiger partial charge >= 0.3 is 5.97 Å². The van der Waals surface area contributed by atoms with E-state index in [9.17, 15) is 9.90 Å². The van der Waals surface area contributed by atoms with Gasteiger partial charge in [-0.15, -0.1) is 0 Å². The number of fused-ring (bicyclic) bond motifs is 1. The molecule has 0 saturated heterocycles. The predicted octanol–water partition coefficient (Wildman–Crippen LogP) is 3.23. The van der Waals surface area contributed by atoms with Crippen molar-refractivity contribution in [2.24, 2.45) is 0 Å². The Balaban J connectivity index is 2.24. The molecule has 2 rings (SSSR count). The second-order valence-corrected chi connectivity index (χ2v) is 5.06. The van der Waals surface area contributed by atoms with Crippen LogP contribution in [0.2, 0.25) is 0 Å². The number of benzene rings is 1. The molecule has 98 valence electrons. The van der Waals surface area contributed by atoms with Gasteiger partial charge in [0.1, 0.15) is 5.54 Å². The molecule has 3 heteroatoms. The smallest absolute Gasteiger partial charge is 0.329 e. The molecule has 0 aromatic heterocycles. The number of carbonyl (C=O) groups is 1. The minimum atomic E-state index is -0.840. The van der Waals surface area contributed by atoms with Gasteiger partial charge in [0.15, 0.2) is 0 Å². The fourth-order valence-corrected chi connectivity index (χ4v) is 2.71. The molecule has 1 aromatic carbocycles. The molecule has 1 aliphatic carbocycles. The van der Waals surface area contributed by atoms with Crippen molar-refractivity contribution in [1.29, 1.82) is 0 Å². The summed E-state index contributed by atoms with van der Waals surface area (Å²) in [5.41, 5.74) is 2.87. The number of hydrogen-bond acceptors (Lipinski definition) is 2. The number of hydrogen-bond donors (Lipinski definition) is 2. The van der Waals surface area contributed by atoms with Gasteiger partial charge in [-0.2, -0.15) is 0 Å². The molecule has 0 unspecified atom stereocenters. The zero-order valence-corrected chi connectivity index (χ0v) is 11.1. The van der Waals surface area contributed by atoms with Crippen LogP contribution in [0.3, 0.4) is 0 Å². The van der Waals surface area contributed by atoms with E-state index in [0.29, 0.717) is 12.8 Å². The topological polar surface area (TPSA) is 49.3 Å². The molecule has 0 saturated carbocycles. The molecule has 2 N–H and O–H groups in total. The lowest BCUT2D eigenvalue weighted by molar-refractivity contribution is -0.142. The average molecular weight is 247 g/mol. The monoisotopic (exact) mass is 247 g/mol. The van der Waals surface area contributed by atoms with E-state index in [1.807, 2.05) is 19.9 Å². The Morgan fingerprint density at radius 1 is 1.28 bits per heavy atom. The van der Waals surface area contributed by atoms with Gasteiger partial charge in [0.2, 0.25) is 0 Å². The lowest BCUT2D eigenvalue weighted by Crippen LogP contribution is -2.45. The third kappa shape index (κ3) is 2.22. The number of aryl methyl sites for hydroxylation is 2. The third-order valence-corrected chi connectivity index (χ3v) is 4.10. The van der Waals surface area contributed by atoms with Crippen LogP contribution in [0.4, 0.5) is 5.69 Å². The SMILES string of the molecule is CCC(CC)(Nc1ccc2c(c1)CCC2)C(=O)O. The van der Waals surface area contributed by atoms with Crippen molar-refractivity contribution in [2.45, 2.75) is 51.5 Å². The van der Waals surface area contributed by atoms with E-state index in [0.717, 1.165) is 18.5 Å². The fraction of sp³-hybridized carbons (Fsp3) is 0.533. The van der Waals surface area contributed by atoms with Crippen molar-refractivity contribution in [3.05, 3.63) is 29.3 Å². The van der Waals surface area contributed by atoms with E-state index in [-0.39, 0.29) is 0 Å². The molecule has 0 heterocycles. The molecule has 0 aliphatic heterocycles. The Morgan fingerprint density at radius 2 is 1.94 bits per heavy atom. The standard InChI is InChI=1S/C15H21NO2/c1-3-15(4-2,14(17)18)16-13-9-8-11-6-5-7-12(11)10-13/h8-10,16H,3-7H2,1-2H3,(H,17,18). The lowest BCUT2D eigenvalue weighted by Gasteiger charge is -2.29. The van der Waals surface area contributed by atoms with Crippen molar-refractivity contribution in [1.82, 2.24) is 0 Å². The van der Waals surface area contributed by atoms with Crippen LogP contribution in [0.15, 0.2) is 18.2 Å². The van der Waals surface area contributed by atoms with Gasteiger partial charge in [0.05, 0.1) is 0 Å². The molecule has 0 bridgehead atoms. The van der Waals surface area contributed by atoms with Gasteiger partial charge in [-0.25, -0.2) is 4.79 Å². The second kappa shape index (κ2) is 5.01. The van der Waals surface area contributed by atoms with E-state index < -0.39 is 11.5 Å². The second-order valence-electron chi connectivity index (χ2n) is 5.06. The highest BCUT2D eigenvalue weighted by Gasteiger charge is 2.34. The van der Waals surface area contributed by atoms with E-state index in [1.165, 1.54) is 17.5 Å². The minimum Gasteiger partial charge on any atom is -0.480 e. The van der Waals surface area contributed by atoms with Crippen LogP contribution >= 0.6 is 0 Å². The van der Waals surface area contributed by atoms with Crippen molar-refractivity contribution < 1.29 is 9.90 Å². The molecular formula is C15H21NO2. The summed E-state index contributed by atoms with van der Waals surface area (Å²) in [5.74, 6) is -0.770. The zero-order valence-electron chi connectivity index (χ0n) is 11.1. The van der Waals surface area contributed by atoms with E-state index >= 15 is 0 Å². The Hall–Kier alpha value is -1.51. The highest BCUT2D eigenvalue weighted by molar-refractivity contribution is 5.82. The fourth-order valence-electron chi connectivity index (χ4n) is 2.71. The van der Waals surface area contributed by atoms with Crippen molar-refractivity contribution in [2.75, 3.05) is 5.32 Å². The summed E-state index contributed by atoms with van der Waals surface area (Å²) in [6.07, 6.45) is 4.64. The number of carboxylic acids is 1. The largest absolute Gasteiger partial charge is 0.480 e. The molecule has 0 amide bonds. The van der Waals surface area contributed by atoms with Crippen LogP contribution in [-0.4, -0.2) is 16.6 Å². The molecule has 1 aromatic rings. The first kappa shape index (κ1) is 12.9. The van der Waals surface area contributed by atoms with Crippen molar-refractivity contribution in [3.8, 4) is 0 Å². The highest BCUT2D eigenvalue weighted by atomic mass is 16.4. The molecule has 0 fully saturated rings. The van der Waals surface area contributed by atoms with Crippen molar-refractivity contribution in [3.63, 3.8) is 0 Å². The van der Waals surface area contributed by atoms with Crippen LogP contribution in [0.25, 0.3) is 0 Å². The van der Waals surface area contributed by atoms with E-state index in [1.54, 1.807) is 0 Å². The Bertz CT molecular complexity index is 450. The summed E-state index contributed by atoms with van der Waals surface area (Å²) in [4.78, 5) is 11.5. The van der Waals surface area contributed by atoms with Crippen LogP contribution in [0.5, 0.6) is 0 Å². The quantitative estimate of drug-likeness (QED) is 0.839. The van der Waals surface area contributed by atoms with Gasteiger partial charge in [0, 0.05) is 5.69 Å². The predicted molar refractivity (Wildman–Crippen MR) is 73.0 cm³/mol. The molecule has 0 atom stereocenters. The van der Waals surface area contributed by atoms with E-state index in [2.05, 4.69) is 17.4 Å². The summed E-state index contributed by atoms with van der Waals surface area (Å²) < 4.78 is 0. The average Bonchev–Trinajstić information content (AvgIpc) is 2.83. The van der Waals surface area contributed by atoms with Gasteiger partial charge < -0.3 is 10.4 Å². The normalized spacial score (nSPS) is 14.3. The summed E-state index contributed by atoms with van der Waals surface area (Å²) in [6, 6.07) is 6.25. The Labute approximate surface area is 108 Å². The summed E-state index contributed by atoms with van der Waals surface area (Å²) in [6.45, 7) is 3.83. The number of rotatable bonds is 5. The molecule has 0 spiro atoms. The van der Waals surface area contributed by atoms with Crippen LogP contribution in [0.1, 0.15) is 44.2 Å². The van der Waals surface area contributed by atoms with Gasteiger partial charge in [-0.05, 0) is 55.4 Å². The number of anilines is 1. The number of nitrogens with one attached hydrogen (secondary N) is 1. The van der Waals surface area contributed by atoms with Gasteiger partial charge in [-0.3, -0.25) is 0 Å². The van der Waals surface area contributed by atoms with Gasteiger partial charge in [0.25, 0.3) is 0 Å². The molecule has 3 nitrogen and oxygen atoms in total. The maximum Gasteiger partial charge on any atom is 0.329 e. The number of carboxylic acid groups (broad SMARTS) is 1. The Morgan fingerprint density at radius 3 is 2.56 bits per heavy atom. The van der Waals surface area contributed by atoms with Crippen molar-refractivity contribution >= 4 is 11.7 Å². The maximum atomic E-state index is 11.5. The van der Waals surface area contributed by atoms with Crippen LogP contribution in [-0.2, 0) is 17.6 Å². The molecule has 1 aliphatic rings. The van der Waals surface area contributed by atoms with Crippen LogP contribution < -0.4 is 5.32 Å². The van der Waals surface area contributed by atoms with Crippen LogP contribution in [0, 0.1) is 0 Å². The highest BCUT2D eigenvalue weighted by Crippen LogP contribution is 2.28. The zero-order chi connectivity index (χ0) is 13.2. The summed E-state index contributed by atoms with van der Waals surface area (Å²) in [5, 5.41) is 12.6. The first-order chi connectivity index (χ1) is 8.61. The third-order valence-electron chi connectivity index (χ3n) is 4.10. The first-order valence-electron chi connectivity index (χ1n) is 6.74. The summed E-state index contributed by atoms with van der Waals surface area (Å²) in [7, 11) is 0. The molecule has 18 heavy (non-hydrogen) atoms. The summed E-state index contributed by atoms with van der Waals surface area (Å²) >= 11 is 0. The lowest BCUT2D eigenvalue weighted by atomic mass is 9.92. The maximum absolute atomic E-state index is 11.5. The minimum absolute atomic E-state index is 0.579. The number of aliphatic carboxylic acids is 1.